The van der Waals surface area contributed by atoms with Crippen LogP contribution in [0.25, 0.3) is 0 Å². The van der Waals surface area contributed by atoms with E-state index in [2.05, 4.69) is 0 Å². The second-order valence-corrected chi connectivity index (χ2v) is 6.28. The Bertz CT molecular complexity index is 761. The van der Waals surface area contributed by atoms with Gasteiger partial charge in [0.15, 0.2) is 12.4 Å². The van der Waals surface area contributed by atoms with Crippen LogP contribution in [0.1, 0.15) is 37.6 Å². The maximum atomic E-state index is 12.8. The number of ketones is 1. The predicted molar refractivity (Wildman–Crippen MR) is 97.8 cm³/mol. The first-order valence-electron chi connectivity index (χ1n) is 8.76. The summed E-state index contributed by atoms with van der Waals surface area (Å²) < 4.78 is 10.3. The molecule has 0 aliphatic carbocycles. The minimum Gasteiger partial charge on any atom is -0.482 e. The van der Waals surface area contributed by atoms with Gasteiger partial charge in [0, 0.05) is 19.2 Å². The van der Waals surface area contributed by atoms with Crippen molar-refractivity contribution >= 4 is 29.3 Å². The predicted octanol–water partition coefficient (Wildman–Crippen LogP) is 1.41. The molecule has 0 spiro atoms. The Kier molecular flexibility index (Phi) is 6.55. The minimum atomic E-state index is -0.811. The van der Waals surface area contributed by atoms with E-state index in [1.807, 2.05) is 0 Å². The highest BCUT2D eigenvalue weighted by Gasteiger charge is 2.34. The SMILES string of the molecule is CCOC(=O)CCN(C)C(=O)C(C)N1C(=O)COc2ccc(C(C)=O)cc21. The molecular formula is C19H24N2O6. The van der Waals surface area contributed by atoms with Crippen molar-refractivity contribution in [1.29, 1.82) is 0 Å². The number of carbonyl (C=O) groups is 4. The summed E-state index contributed by atoms with van der Waals surface area (Å²) in [4.78, 5) is 51.1. The van der Waals surface area contributed by atoms with Crippen molar-refractivity contribution in [3.05, 3.63) is 23.8 Å². The fourth-order valence-electron chi connectivity index (χ4n) is 2.85. The van der Waals surface area contributed by atoms with Gasteiger partial charge in [0.25, 0.3) is 5.91 Å². The Morgan fingerprint density at radius 1 is 1.33 bits per heavy atom. The zero-order valence-electron chi connectivity index (χ0n) is 16.0. The lowest BCUT2D eigenvalue weighted by Crippen LogP contribution is -2.52. The van der Waals surface area contributed by atoms with E-state index in [1.54, 1.807) is 39.1 Å². The molecule has 0 fully saturated rings. The maximum absolute atomic E-state index is 12.8. The van der Waals surface area contributed by atoms with E-state index < -0.39 is 6.04 Å². The summed E-state index contributed by atoms with van der Waals surface area (Å²) in [6.07, 6.45) is 0.0743. The van der Waals surface area contributed by atoms with E-state index in [-0.39, 0.29) is 49.7 Å². The van der Waals surface area contributed by atoms with Crippen molar-refractivity contribution < 1.29 is 28.7 Å². The summed E-state index contributed by atoms with van der Waals surface area (Å²) in [6, 6.07) is 3.98. The van der Waals surface area contributed by atoms with Gasteiger partial charge in [0.05, 0.1) is 18.7 Å². The van der Waals surface area contributed by atoms with Crippen molar-refractivity contribution in [1.82, 2.24) is 4.90 Å². The Balaban J connectivity index is 2.20. The molecule has 0 aromatic heterocycles. The average molecular weight is 376 g/mol. The van der Waals surface area contributed by atoms with Crippen LogP contribution in [-0.4, -0.2) is 61.3 Å². The molecular weight excluding hydrogens is 352 g/mol. The van der Waals surface area contributed by atoms with Crippen molar-refractivity contribution in [2.24, 2.45) is 0 Å². The second-order valence-electron chi connectivity index (χ2n) is 6.28. The highest BCUT2D eigenvalue weighted by molar-refractivity contribution is 6.05. The van der Waals surface area contributed by atoms with Gasteiger partial charge in [-0.25, -0.2) is 0 Å². The van der Waals surface area contributed by atoms with Crippen LogP contribution in [0.15, 0.2) is 18.2 Å². The van der Waals surface area contributed by atoms with E-state index in [4.69, 9.17) is 9.47 Å². The molecule has 0 bridgehead atoms. The molecule has 1 unspecified atom stereocenters. The summed E-state index contributed by atoms with van der Waals surface area (Å²) in [5, 5.41) is 0. The summed E-state index contributed by atoms with van der Waals surface area (Å²) in [5.74, 6) is -0.796. The van der Waals surface area contributed by atoms with E-state index in [0.29, 0.717) is 17.0 Å². The third-order valence-corrected chi connectivity index (χ3v) is 4.32. The molecule has 1 aliphatic rings. The zero-order valence-corrected chi connectivity index (χ0v) is 16.0. The number of benzene rings is 1. The molecule has 2 rings (SSSR count). The van der Waals surface area contributed by atoms with Crippen LogP contribution in [0.2, 0.25) is 0 Å². The molecule has 146 valence electrons. The number of rotatable bonds is 7. The van der Waals surface area contributed by atoms with Gasteiger partial charge >= 0.3 is 5.97 Å². The van der Waals surface area contributed by atoms with Gasteiger partial charge in [0.1, 0.15) is 11.8 Å². The van der Waals surface area contributed by atoms with Gasteiger partial charge in [-0.3, -0.25) is 24.1 Å². The number of likely N-dealkylation sites (N-methyl/N-ethyl adjacent to an activating group) is 1. The molecule has 27 heavy (non-hydrogen) atoms. The number of anilines is 1. The molecule has 1 atom stereocenters. The van der Waals surface area contributed by atoms with Gasteiger partial charge in [-0.1, -0.05) is 0 Å². The Labute approximate surface area is 158 Å². The van der Waals surface area contributed by atoms with Gasteiger partial charge in [-0.2, -0.15) is 0 Å². The van der Waals surface area contributed by atoms with Crippen molar-refractivity contribution in [2.75, 3.05) is 31.7 Å². The van der Waals surface area contributed by atoms with Crippen LogP contribution in [0, 0.1) is 0 Å². The zero-order chi connectivity index (χ0) is 20.1. The third kappa shape index (κ3) is 4.64. The van der Waals surface area contributed by atoms with Crippen molar-refractivity contribution in [3.63, 3.8) is 0 Å². The fourth-order valence-corrected chi connectivity index (χ4v) is 2.85. The monoisotopic (exact) mass is 376 g/mol. The van der Waals surface area contributed by atoms with Gasteiger partial charge in [-0.15, -0.1) is 0 Å². The van der Waals surface area contributed by atoms with E-state index in [0.717, 1.165) is 0 Å². The lowest BCUT2D eigenvalue weighted by Gasteiger charge is -2.35. The molecule has 1 aromatic carbocycles. The lowest BCUT2D eigenvalue weighted by atomic mass is 10.1. The van der Waals surface area contributed by atoms with E-state index in [9.17, 15) is 19.2 Å². The van der Waals surface area contributed by atoms with Gasteiger partial charge in [-0.05, 0) is 39.0 Å². The largest absolute Gasteiger partial charge is 0.482 e. The topological polar surface area (TPSA) is 93.2 Å². The first-order valence-corrected chi connectivity index (χ1v) is 8.76. The molecule has 2 amide bonds. The third-order valence-electron chi connectivity index (χ3n) is 4.32. The van der Waals surface area contributed by atoms with E-state index in [1.165, 1.54) is 16.7 Å². The van der Waals surface area contributed by atoms with Gasteiger partial charge < -0.3 is 14.4 Å². The normalized spacial score (nSPS) is 14.1. The second kappa shape index (κ2) is 8.66. The first-order chi connectivity index (χ1) is 12.8. The Morgan fingerprint density at radius 3 is 2.67 bits per heavy atom. The average Bonchev–Trinajstić information content (AvgIpc) is 2.64. The van der Waals surface area contributed by atoms with Crippen LogP contribution < -0.4 is 9.64 Å². The molecule has 8 heteroatoms. The number of ether oxygens (including phenoxy) is 2. The van der Waals surface area contributed by atoms with Crippen LogP contribution in [0.4, 0.5) is 5.69 Å². The summed E-state index contributed by atoms with van der Waals surface area (Å²) in [5.41, 5.74) is 0.811. The van der Waals surface area contributed by atoms with Crippen molar-refractivity contribution in [3.8, 4) is 5.75 Å². The number of hydrogen-bond donors (Lipinski definition) is 0. The number of hydrogen-bond acceptors (Lipinski definition) is 6. The molecule has 0 saturated heterocycles. The Hall–Kier alpha value is -2.90. The van der Waals surface area contributed by atoms with Crippen LogP contribution in [-0.2, 0) is 19.1 Å². The highest BCUT2D eigenvalue weighted by Crippen LogP contribution is 2.34. The number of nitrogens with zero attached hydrogens (tertiary/aromatic N) is 2. The van der Waals surface area contributed by atoms with Crippen LogP contribution in [0.5, 0.6) is 5.75 Å². The quantitative estimate of drug-likeness (QED) is 0.528. The highest BCUT2D eigenvalue weighted by atomic mass is 16.5. The smallest absolute Gasteiger partial charge is 0.307 e. The molecule has 0 radical (unpaired) electrons. The fraction of sp³-hybridized carbons (Fsp3) is 0.474. The number of fused-ring (bicyclic) bond motifs is 1. The number of carbonyl (C=O) groups excluding carboxylic acids is 4. The Morgan fingerprint density at radius 2 is 2.04 bits per heavy atom. The molecule has 8 nitrogen and oxygen atoms in total. The van der Waals surface area contributed by atoms with Crippen molar-refractivity contribution in [2.45, 2.75) is 33.2 Å². The molecule has 0 saturated carbocycles. The summed E-state index contributed by atoms with van der Waals surface area (Å²) in [7, 11) is 1.57. The number of Topliss-reactive ketones (excluding diaryl/α,β-unsaturated/α-hetero) is 1. The van der Waals surface area contributed by atoms with E-state index >= 15 is 0 Å². The maximum Gasteiger partial charge on any atom is 0.307 e. The lowest BCUT2D eigenvalue weighted by molar-refractivity contribution is -0.144. The minimum absolute atomic E-state index is 0.0743. The first kappa shape index (κ1) is 20.4. The van der Waals surface area contributed by atoms with Crippen LogP contribution >= 0.6 is 0 Å². The molecule has 0 N–H and O–H groups in total. The molecule has 1 aliphatic heterocycles. The number of esters is 1. The van der Waals surface area contributed by atoms with Gasteiger partial charge in [0.2, 0.25) is 5.91 Å². The molecule has 1 aromatic rings. The standard InChI is InChI=1S/C19H24N2O6/c1-5-26-18(24)8-9-20(4)19(25)12(2)21-15-10-14(13(3)22)6-7-16(15)27-11-17(21)23/h6-7,10,12H,5,8-9,11H2,1-4H3. The molecule has 1 heterocycles. The number of amides is 2. The summed E-state index contributed by atoms with van der Waals surface area (Å²) >= 11 is 0. The summed E-state index contributed by atoms with van der Waals surface area (Å²) in [6.45, 7) is 5.03. The van der Waals surface area contributed by atoms with Crippen LogP contribution in [0.3, 0.4) is 0 Å².